The van der Waals surface area contributed by atoms with Crippen LogP contribution in [0.4, 0.5) is 10.1 Å². The first-order chi connectivity index (χ1) is 12.6. The SMILES string of the molecule is COc1cccc(NC(=O)c2noc(C)c2COc2cccc(F)c2)c1. The van der Waals surface area contributed by atoms with Crippen LogP contribution in [-0.4, -0.2) is 18.2 Å². The Morgan fingerprint density at radius 3 is 2.73 bits per heavy atom. The Morgan fingerprint density at radius 2 is 1.96 bits per heavy atom. The summed E-state index contributed by atoms with van der Waals surface area (Å²) in [5, 5.41) is 6.55. The first kappa shape index (κ1) is 17.5. The van der Waals surface area contributed by atoms with Crippen molar-refractivity contribution in [3.8, 4) is 11.5 Å². The van der Waals surface area contributed by atoms with Crippen LogP contribution in [0.15, 0.2) is 53.1 Å². The lowest BCUT2D eigenvalue weighted by Crippen LogP contribution is -2.15. The van der Waals surface area contributed by atoms with Crippen LogP contribution in [0.5, 0.6) is 11.5 Å². The lowest BCUT2D eigenvalue weighted by molar-refractivity contribution is 0.101. The summed E-state index contributed by atoms with van der Waals surface area (Å²) in [5.41, 5.74) is 1.17. The number of rotatable bonds is 6. The third-order valence-corrected chi connectivity index (χ3v) is 3.71. The Morgan fingerprint density at radius 1 is 1.19 bits per heavy atom. The summed E-state index contributed by atoms with van der Waals surface area (Å²) in [5.74, 6) is 0.587. The number of aryl methyl sites for hydroxylation is 1. The molecule has 0 aliphatic heterocycles. The molecule has 6 nitrogen and oxygen atoms in total. The van der Waals surface area contributed by atoms with Gasteiger partial charge in [-0.2, -0.15) is 0 Å². The number of benzene rings is 2. The van der Waals surface area contributed by atoms with Gasteiger partial charge in [-0.25, -0.2) is 4.39 Å². The number of nitrogens with zero attached hydrogens (tertiary/aromatic N) is 1. The van der Waals surface area contributed by atoms with Gasteiger partial charge >= 0.3 is 0 Å². The molecule has 1 N–H and O–H groups in total. The van der Waals surface area contributed by atoms with Crippen molar-refractivity contribution in [1.29, 1.82) is 0 Å². The normalized spacial score (nSPS) is 10.4. The molecule has 0 unspecified atom stereocenters. The zero-order valence-electron chi connectivity index (χ0n) is 14.3. The molecule has 3 aromatic rings. The van der Waals surface area contributed by atoms with Crippen LogP contribution in [-0.2, 0) is 6.61 Å². The molecule has 1 aromatic heterocycles. The highest BCUT2D eigenvalue weighted by Gasteiger charge is 2.20. The van der Waals surface area contributed by atoms with Crippen LogP contribution >= 0.6 is 0 Å². The van der Waals surface area contributed by atoms with Gasteiger partial charge in [0.05, 0.1) is 12.7 Å². The highest BCUT2D eigenvalue weighted by atomic mass is 19.1. The molecule has 0 aliphatic rings. The van der Waals surface area contributed by atoms with Crippen molar-refractivity contribution in [2.75, 3.05) is 12.4 Å². The van der Waals surface area contributed by atoms with E-state index in [-0.39, 0.29) is 12.3 Å². The van der Waals surface area contributed by atoms with Crippen LogP contribution in [0.2, 0.25) is 0 Å². The van der Waals surface area contributed by atoms with Crippen molar-refractivity contribution < 1.29 is 23.2 Å². The minimum Gasteiger partial charge on any atom is -0.497 e. The topological polar surface area (TPSA) is 73.6 Å². The number of anilines is 1. The van der Waals surface area contributed by atoms with Crippen LogP contribution in [0, 0.1) is 12.7 Å². The van der Waals surface area contributed by atoms with Gasteiger partial charge in [-0.3, -0.25) is 4.79 Å². The first-order valence-electron chi connectivity index (χ1n) is 7.85. The fraction of sp³-hybridized carbons (Fsp3) is 0.158. The van der Waals surface area contributed by atoms with Crippen molar-refractivity contribution >= 4 is 11.6 Å². The Kier molecular flexibility index (Phi) is 5.17. The largest absolute Gasteiger partial charge is 0.497 e. The predicted octanol–water partition coefficient (Wildman–Crippen LogP) is 3.96. The summed E-state index contributed by atoms with van der Waals surface area (Å²) in [6.07, 6.45) is 0. The number of methoxy groups -OCH3 is 1. The van der Waals surface area contributed by atoms with Crippen LogP contribution < -0.4 is 14.8 Å². The van der Waals surface area contributed by atoms with E-state index in [4.69, 9.17) is 14.0 Å². The van der Waals surface area contributed by atoms with Gasteiger partial charge in [-0.15, -0.1) is 0 Å². The second-order valence-electron chi connectivity index (χ2n) is 5.50. The number of hydrogen-bond donors (Lipinski definition) is 1. The fourth-order valence-corrected chi connectivity index (χ4v) is 2.34. The molecule has 3 rings (SSSR count). The van der Waals surface area contributed by atoms with Gasteiger partial charge < -0.3 is 19.3 Å². The average Bonchev–Trinajstić information content (AvgIpc) is 3.01. The van der Waals surface area contributed by atoms with Crippen LogP contribution in [0.1, 0.15) is 21.8 Å². The number of amides is 1. The summed E-state index contributed by atoms with van der Waals surface area (Å²) >= 11 is 0. The minimum atomic E-state index is -0.437. The molecular formula is C19H17FN2O4. The Balaban J connectivity index is 1.75. The van der Waals surface area contributed by atoms with E-state index < -0.39 is 11.7 Å². The molecule has 0 radical (unpaired) electrons. The third-order valence-electron chi connectivity index (χ3n) is 3.71. The number of carbonyl (C=O) groups is 1. The molecule has 1 heterocycles. The number of halogens is 1. The predicted molar refractivity (Wildman–Crippen MR) is 92.9 cm³/mol. The molecule has 0 fully saturated rings. The number of carbonyl (C=O) groups excluding carboxylic acids is 1. The van der Waals surface area contributed by atoms with E-state index in [9.17, 15) is 9.18 Å². The average molecular weight is 356 g/mol. The van der Waals surface area contributed by atoms with Gasteiger partial charge in [0.2, 0.25) is 0 Å². The summed E-state index contributed by atoms with van der Waals surface area (Å²) < 4.78 is 29.0. The van der Waals surface area contributed by atoms with E-state index in [2.05, 4.69) is 10.5 Å². The molecule has 26 heavy (non-hydrogen) atoms. The van der Waals surface area contributed by atoms with Crippen LogP contribution in [0.25, 0.3) is 0 Å². The Labute approximate surface area is 149 Å². The standard InChI is InChI=1S/C19H17FN2O4/c1-12-17(11-25-16-8-3-5-13(20)9-16)18(22-26-12)19(23)21-14-6-4-7-15(10-14)24-2/h3-10H,11H2,1-2H3,(H,21,23). The van der Waals surface area contributed by atoms with E-state index in [0.717, 1.165) is 0 Å². The molecule has 2 aromatic carbocycles. The highest BCUT2D eigenvalue weighted by Crippen LogP contribution is 2.21. The second kappa shape index (κ2) is 7.69. The summed E-state index contributed by atoms with van der Waals surface area (Å²) in [6, 6.07) is 12.7. The molecule has 134 valence electrons. The quantitative estimate of drug-likeness (QED) is 0.724. The molecule has 0 atom stereocenters. The van der Waals surface area contributed by atoms with Crippen LogP contribution in [0.3, 0.4) is 0 Å². The van der Waals surface area contributed by atoms with E-state index in [1.807, 2.05) is 0 Å². The van der Waals surface area contributed by atoms with Gasteiger partial charge in [-0.05, 0) is 31.2 Å². The highest BCUT2D eigenvalue weighted by molar-refractivity contribution is 6.04. The maximum Gasteiger partial charge on any atom is 0.278 e. The Bertz CT molecular complexity index is 923. The third kappa shape index (κ3) is 4.00. The zero-order chi connectivity index (χ0) is 18.5. The number of hydrogen-bond acceptors (Lipinski definition) is 5. The van der Waals surface area contributed by atoms with Gasteiger partial charge in [0.15, 0.2) is 5.69 Å². The first-order valence-corrected chi connectivity index (χ1v) is 7.85. The van der Waals surface area contributed by atoms with Gasteiger partial charge in [-0.1, -0.05) is 17.3 Å². The maximum absolute atomic E-state index is 13.2. The van der Waals surface area contributed by atoms with E-state index in [0.29, 0.717) is 28.5 Å². The molecule has 1 amide bonds. The van der Waals surface area contributed by atoms with Crippen molar-refractivity contribution in [3.05, 3.63) is 71.4 Å². The van der Waals surface area contributed by atoms with Gasteiger partial charge in [0.1, 0.15) is 29.7 Å². The molecule has 0 aliphatic carbocycles. The molecule has 0 spiro atoms. The van der Waals surface area contributed by atoms with E-state index in [1.165, 1.54) is 12.1 Å². The molecular weight excluding hydrogens is 339 g/mol. The molecule has 0 saturated heterocycles. The summed E-state index contributed by atoms with van der Waals surface area (Å²) in [4.78, 5) is 12.5. The van der Waals surface area contributed by atoms with E-state index in [1.54, 1.807) is 50.4 Å². The van der Waals surface area contributed by atoms with Crippen molar-refractivity contribution in [3.63, 3.8) is 0 Å². The van der Waals surface area contributed by atoms with Crippen molar-refractivity contribution in [2.45, 2.75) is 13.5 Å². The van der Waals surface area contributed by atoms with E-state index >= 15 is 0 Å². The Hall–Kier alpha value is -3.35. The number of ether oxygens (including phenoxy) is 2. The lowest BCUT2D eigenvalue weighted by atomic mass is 10.2. The maximum atomic E-state index is 13.2. The van der Waals surface area contributed by atoms with Crippen molar-refractivity contribution in [1.82, 2.24) is 5.16 Å². The lowest BCUT2D eigenvalue weighted by Gasteiger charge is -2.08. The fourth-order valence-electron chi connectivity index (χ4n) is 2.34. The minimum absolute atomic E-state index is 0.0274. The zero-order valence-corrected chi connectivity index (χ0v) is 14.3. The second-order valence-corrected chi connectivity index (χ2v) is 5.50. The monoisotopic (exact) mass is 356 g/mol. The summed E-state index contributed by atoms with van der Waals surface area (Å²) in [7, 11) is 1.55. The smallest absolute Gasteiger partial charge is 0.278 e. The molecule has 7 heteroatoms. The summed E-state index contributed by atoms with van der Waals surface area (Å²) in [6.45, 7) is 1.71. The van der Waals surface area contributed by atoms with Crippen molar-refractivity contribution in [2.24, 2.45) is 0 Å². The number of nitrogens with one attached hydrogen (secondary N) is 1. The molecule has 0 bridgehead atoms. The molecule has 0 saturated carbocycles. The van der Waals surface area contributed by atoms with Gasteiger partial charge in [0, 0.05) is 17.8 Å². The number of aromatic nitrogens is 1. The van der Waals surface area contributed by atoms with Gasteiger partial charge in [0.25, 0.3) is 5.91 Å².